The monoisotopic (exact) mass is 257 g/mol. The fourth-order valence-electron chi connectivity index (χ4n) is 2.53. The van der Waals surface area contributed by atoms with E-state index in [0.717, 1.165) is 38.8 Å². The molecule has 1 fully saturated rings. The predicted molar refractivity (Wildman–Crippen MR) is 71.5 cm³/mol. The molecule has 0 saturated heterocycles. The molecule has 1 aliphatic carbocycles. The molecule has 0 aromatic rings. The summed E-state index contributed by atoms with van der Waals surface area (Å²) < 4.78 is 10.6. The van der Waals surface area contributed by atoms with Crippen LogP contribution in [0.1, 0.15) is 46.5 Å². The minimum absolute atomic E-state index is 0.0261. The molecule has 1 N–H and O–H groups in total. The molecule has 4 heteroatoms. The van der Waals surface area contributed by atoms with Gasteiger partial charge in [-0.25, -0.2) is 0 Å². The Morgan fingerprint density at radius 3 is 2.78 bits per heavy atom. The summed E-state index contributed by atoms with van der Waals surface area (Å²) in [5.41, 5.74) is 0. The van der Waals surface area contributed by atoms with Crippen LogP contribution in [0.15, 0.2) is 0 Å². The Kier molecular flexibility index (Phi) is 7.28. The molecule has 1 aliphatic rings. The fraction of sp³-hybridized carbons (Fsp3) is 0.929. The zero-order chi connectivity index (χ0) is 13.4. The highest BCUT2D eigenvalue weighted by molar-refractivity contribution is 5.72. The summed E-state index contributed by atoms with van der Waals surface area (Å²) in [7, 11) is 0. The largest absolute Gasteiger partial charge is 0.466 e. The van der Waals surface area contributed by atoms with E-state index in [1.807, 2.05) is 13.8 Å². The van der Waals surface area contributed by atoms with Gasteiger partial charge in [0.2, 0.25) is 0 Å². The molecule has 4 nitrogen and oxygen atoms in total. The van der Waals surface area contributed by atoms with Gasteiger partial charge in [-0.1, -0.05) is 6.42 Å². The first-order valence-corrected chi connectivity index (χ1v) is 7.19. The Morgan fingerprint density at radius 2 is 2.11 bits per heavy atom. The third kappa shape index (κ3) is 5.36. The van der Waals surface area contributed by atoms with Crippen molar-refractivity contribution >= 4 is 5.97 Å². The lowest BCUT2D eigenvalue weighted by Gasteiger charge is -2.29. The number of rotatable bonds is 7. The molecule has 106 valence electrons. The van der Waals surface area contributed by atoms with Gasteiger partial charge in [-0.2, -0.15) is 0 Å². The number of nitrogens with one attached hydrogen (secondary N) is 1. The second-order valence-electron chi connectivity index (χ2n) is 4.99. The number of carbonyl (C=O) groups is 1. The summed E-state index contributed by atoms with van der Waals surface area (Å²) in [6.07, 6.45) is 4.35. The van der Waals surface area contributed by atoms with Crippen LogP contribution < -0.4 is 5.32 Å². The number of esters is 1. The summed E-state index contributed by atoms with van der Waals surface area (Å²) in [5, 5.41) is 3.50. The summed E-state index contributed by atoms with van der Waals surface area (Å²) in [6.45, 7) is 8.03. The van der Waals surface area contributed by atoms with Gasteiger partial charge in [0.05, 0.1) is 18.6 Å². The SMILES string of the molecule is CCOC(=O)C1CCCC(NCC(C)OCC)C1. The molecule has 0 heterocycles. The minimum Gasteiger partial charge on any atom is -0.466 e. The predicted octanol–water partition coefficient (Wildman–Crippen LogP) is 2.12. The van der Waals surface area contributed by atoms with Crippen LogP contribution in [-0.4, -0.2) is 37.9 Å². The normalized spacial score (nSPS) is 25.7. The standard InChI is InChI=1S/C14H27NO3/c1-4-17-11(3)10-15-13-8-6-7-12(9-13)14(16)18-5-2/h11-13,15H,4-10H2,1-3H3. The van der Waals surface area contributed by atoms with Crippen LogP contribution in [0.2, 0.25) is 0 Å². The second-order valence-corrected chi connectivity index (χ2v) is 4.99. The first kappa shape index (κ1) is 15.4. The lowest BCUT2D eigenvalue weighted by Crippen LogP contribution is -2.40. The molecule has 0 radical (unpaired) electrons. The molecular formula is C14H27NO3. The van der Waals surface area contributed by atoms with Crippen LogP contribution in [0.3, 0.4) is 0 Å². The number of hydrogen-bond acceptors (Lipinski definition) is 4. The summed E-state index contributed by atoms with van der Waals surface area (Å²) in [4.78, 5) is 11.7. The highest BCUT2D eigenvalue weighted by atomic mass is 16.5. The van der Waals surface area contributed by atoms with Gasteiger partial charge < -0.3 is 14.8 Å². The number of carbonyl (C=O) groups excluding carboxylic acids is 1. The summed E-state index contributed by atoms with van der Waals surface area (Å²) >= 11 is 0. The Bertz CT molecular complexity index is 245. The highest BCUT2D eigenvalue weighted by Crippen LogP contribution is 2.25. The fourth-order valence-corrected chi connectivity index (χ4v) is 2.53. The van der Waals surface area contributed by atoms with Gasteiger partial charge in [0.15, 0.2) is 0 Å². The van der Waals surface area contributed by atoms with Crippen molar-refractivity contribution in [3.8, 4) is 0 Å². The van der Waals surface area contributed by atoms with Crippen molar-refractivity contribution in [2.75, 3.05) is 19.8 Å². The maximum atomic E-state index is 11.7. The molecule has 1 rings (SSSR count). The van der Waals surface area contributed by atoms with Gasteiger partial charge in [-0.15, -0.1) is 0 Å². The maximum absolute atomic E-state index is 11.7. The quantitative estimate of drug-likeness (QED) is 0.710. The van der Waals surface area contributed by atoms with Gasteiger partial charge in [0.25, 0.3) is 0 Å². The average Bonchev–Trinajstić information content (AvgIpc) is 2.37. The van der Waals surface area contributed by atoms with E-state index >= 15 is 0 Å². The van der Waals surface area contributed by atoms with Crippen LogP contribution in [-0.2, 0) is 14.3 Å². The van der Waals surface area contributed by atoms with Crippen molar-refractivity contribution in [3.63, 3.8) is 0 Å². The molecular weight excluding hydrogens is 230 g/mol. The van der Waals surface area contributed by atoms with Crippen molar-refractivity contribution in [3.05, 3.63) is 0 Å². The molecule has 3 atom stereocenters. The van der Waals surface area contributed by atoms with E-state index in [-0.39, 0.29) is 18.0 Å². The highest BCUT2D eigenvalue weighted by Gasteiger charge is 2.28. The van der Waals surface area contributed by atoms with Crippen LogP contribution in [0.4, 0.5) is 0 Å². The van der Waals surface area contributed by atoms with E-state index in [9.17, 15) is 4.79 Å². The lowest BCUT2D eigenvalue weighted by molar-refractivity contribution is -0.149. The molecule has 0 aromatic carbocycles. The Morgan fingerprint density at radius 1 is 1.33 bits per heavy atom. The first-order valence-electron chi connectivity index (χ1n) is 7.19. The van der Waals surface area contributed by atoms with Crippen molar-refractivity contribution in [1.29, 1.82) is 0 Å². The molecule has 3 unspecified atom stereocenters. The topological polar surface area (TPSA) is 47.6 Å². The molecule has 0 aromatic heterocycles. The van der Waals surface area contributed by atoms with Gasteiger partial charge in [0.1, 0.15) is 0 Å². The van der Waals surface area contributed by atoms with Gasteiger partial charge in [-0.05, 0) is 40.0 Å². The van der Waals surface area contributed by atoms with Gasteiger partial charge >= 0.3 is 5.97 Å². The minimum atomic E-state index is -0.0261. The van der Waals surface area contributed by atoms with E-state index in [4.69, 9.17) is 9.47 Å². The second kappa shape index (κ2) is 8.48. The Balaban J connectivity index is 2.28. The van der Waals surface area contributed by atoms with E-state index in [2.05, 4.69) is 12.2 Å². The number of hydrogen-bond donors (Lipinski definition) is 1. The van der Waals surface area contributed by atoms with Crippen molar-refractivity contribution < 1.29 is 14.3 Å². The van der Waals surface area contributed by atoms with E-state index in [1.54, 1.807) is 0 Å². The van der Waals surface area contributed by atoms with E-state index in [0.29, 0.717) is 12.6 Å². The van der Waals surface area contributed by atoms with Gasteiger partial charge in [0, 0.05) is 19.2 Å². The first-order chi connectivity index (χ1) is 8.67. The zero-order valence-electron chi connectivity index (χ0n) is 11.9. The third-order valence-corrected chi connectivity index (χ3v) is 3.44. The van der Waals surface area contributed by atoms with Crippen molar-refractivity contribution in [1.82, 2.24) is 5.32 Å². The molecule has 0 aliphatic heterocycles. The average molecular weight is 257 g/mol. The van der Waals surface area contributed by atoms with Crippen LogP contribution in [0.25, 0.3) is 0 Å². The Hall–Kier alpha value is -0.610. The maximum Gasteiger partial charge on any atom is 0.308 e. The van der Waals surface area contributed by atoms with Crippen LogP contribution in [0.5, 0.6) is 0 Å². The van der Waals surface area contributed by atoms with Crippen molar-refractivity contribution in [2.24, 2.45) is 5.92 Å². The summed E-state index contributed by atoms with van der Waals surface area (Å²) in [6, 6.07) is 0.427. The molecule has 0 amide bonds. The van der Waals surface area contributed by atoms with Crippen LogP contribution >= 0.6 is 0 Å². The Labute approximate surface area is 110 Å². The molecule has 1 saturated carbocycles. The molecule has 0 bridgehead atoms. The van der Waals surface area contributed by atoms with E-state index < -0.39 is 0 Å². The molecule has 0 spiro atoms. The smallest absolute Gasteiger partial charge is 0.308 e. The number of ether oxygens (including phenoxy) is 2. The van der Waals surface area contributed by atoms with E-state index in [1.165, 1.54) is 0 Å². The lowest BCUT2D eigenvalue weighted by atomic mass is 9.85. The zero-order valence-corrected chi connectivity index (χ0v) is 11.9. The molecule has 18 heavy (non-hydrogen) atoms. The van der Waals surface area contributed by atoms with Crippen LogP contribution in [0, 0.1) is 5.92 Å². The van der Waals surface area contributed by atoms with Crippen molar-refractivity contribution in [2.45, 2.75) is 58.6 Å². The van der Waals surface area contributed by atoms with Gasteiger partial charge in [-0.3, -0.25) is 4.79 Å². The third-order valence-electron chi connectivity index (χ3n) is 3.44. The summed E-state index contributed by atoms with van der Waals surface area (Å²) in [5.74, 6) is 0.0560.